The fraction of sp³-hybridized carbons (Fsp3) is 0.333. The first-order chi connectivity index (χ1) is 5.61. The molecule has 0 saturated heterocycles. The lowest BCUT2D eigenvalue weighted by molar-refractivity contribution is -0.136. The molecule has 0 fully saturated rings. The van der Waals surface area contributed by atoms with Crippen LogP contribution in [0.25, 0.3) is 0 Å². The topological polar surface area (TPSA) is 37.4 Å². The molecule has 1 aliphatic rings. The second-order valence-corrected chi connectivity index (χ2v) is 2.90. The summed E-state index contributed by atoms with van der Waals surface area (Å²) in [5.74, 6) is -0.449. The molecule has 1 aliphatic heterocycles. The average molecular weight is 165 g/mol. The maximum absolute atomic E-state index is 11.0. The third kappa shape index (κ3) is 1.81. The lowest BCUT2D eigenvalue weighted by Gasteiger charge is -2.10. The van der Waals surface area contributed by atoms with Crippen LogP contribution in [0.1, 0.15) is 13.8 Å². The molecular formula is C9H11NO2. The highest BCUT2D eigenvalue weighted by Crippen LogP contribution is 2.03. The summed E-state index contributed by atoms with van der Waals surface area (Å²) < 4.78 is 0. The minimum atomic E-state index is -0.225. The van der Waals surface area contributed by atoms with Crippen LogP contribution in [-0.2, 0) is 9.59 Å². The fourth-order valence-electron chi connectivity index (χ4n) is 0.885. The standard InChI is InChI=1S/C9H11NO2/c1-7(2)5-6-10-8(11)3-4-9(10)12/h3-5H,6H2,1-2H3. The van der Waals surface area contributed by atoms with E-state index < -0.39 is 0 Å². The van der Waals surface area contributed by atoms with Crippen molar-refractivity contribution in [1.82, 2.24) is 4.90 Å². The Morgan fingerprint density at radius 2 is 1.83 bits per heavy atom. The molecule has 0 saturated carbocycles. The quantitative estimate of drug-likeness (QED) is 0.450. The number of rotatable bonds is 2. The van der Waals surface area contributed by atoms with E-state index in [0.29, 0.717) is 6.54 Å². The number of carbonyl (C=O) groups is 2. The summed E-state index contributed by atoms with van der Waals surface area (Å²) in [4.78, 5) is 23.2. The Morgan fingerprint density at radius 1 is 1.33 bits per heavy atom. The second-order valence-electron chi connectivity index (χ2n) is 2.90. The van der Waals surface area contributed by atoms with Crippen molar-refractivity contribution in [3.63, 3.8) is 0 Å². The maximum Gasteiger partial charge on any atom is 0.253 e. The van der Waals surface area contributed by atoms with Crippen molar-refractivity contribution in [1.29, 1.82) is 0 Å². The summed E-state index contributed by atoms with van der Waals surface area (Å²) in [7, 11) is 0. The Morgan fingerprint density at radius 3 is 2.25 bits per heavy atom. The van der Waals surface area contributed by atoms with Gasteiger partial charge in [-0.1, -0.05) is 11.6 Å². The van der Waals surface area contributed by atoms with E-state index in [9.17, 15) is 9.59 Å². The molecule has 1 rings (SSSR count). The van der Waals surface area contributed by atoms with E-state index in [1.807, 2.05) is 19.9 Å². The van der Waals surface area contributed by atoms with E-state index in [0.717, 1.165) is 5.57 Å². The largest absolute Gasteiger partial charge is 0.272 e. The molecule has 0 atom stereocenters. The normalized spacial score (nSPS) is 15.7. The van der Waals surface area contributed by atoms with Crippen LogP contribution in [0.4, 0.5) is 0 Å². The first-order valence-corrected chi connectivity index (χ1v) is 3.78. The van der Waals surface area contributed by atoms with E-state index in [-0.39, 0.29) is 11.8 Å². The van der Waals surface area contributed by atoms with E-state index >= 15 is 0 Å². The van der Waals surface area contributed by atoms with Gasteiger partial charge in [0.25, 0.3) is 11.8 Å². The predicted molar refractivity (Wildman–Crippen MR) is 45.3 cm³/mol. The van der Waals surface area contributed by atoms with Crippen LogP contribution in [-0.4, -0.2) is 23.3 Å². The number of carbonyl (C=O) groups excluding carboxylic acids is 2. The molecule has 0 spiro atoms. The van der Waals surface area contributed by atoms with Gasteiger partial charge in [0, 0.05) is 18.7 Å². The van der Waals surface area contributed by atoms with Gasteiger partial charge in [-0.2, -0.15) is 0 Å². The average Bonchev–Trinajstić information content (AvgIpc) is 2.28. The lowest BCUT2D eigenvalue weighted by atomic mass is 10.3. The highest BCUT2D eigenvalue weighted by molar-refractivity contribution is 6.12. The highest BCUT2D eigenvalue weighted by Gasteiger charge is 2.21. The van der Waals surface area contributed by atoms with Gasteiger partial charge >= 0.3 is 0 Å². The molecule has 0 aromatic rings. The Labute approximate surface area is 71.4 Å². The van der Waals surface area contributed by atoms with E-state index in [2.05, 4.69) is 0 Å². The fourth-order valence-corrected chi connectivity index (χ4v) is 0.885. The number of hydrogen-bond acceptors (Lipinski definition) is 2. The zero-order chi connectivity index (χ0) is 9.14. The monoisotopic (exact) mass is 165 g/mol. The predicted octanol–water partition coefficient (Wildman–Crippen LogP) is 0.878. The van der Waals surface area contributed by atoms with Crippen LogP contribution < -0.4 is 0 Å². The lowest BCUT2D eigenvalue weighted by Crippen LogP contribution is -2.29. The summed E-state index contributed by atoms with van der Waals surface area (Å²) in [6, 6.07) is 0. The molecule has 0 aliphatic carbocycles. The third-order valence-corrected chi connectivity index (χ3v) is 1.58. The molecule has 1 heterocycles. The molecule has 0 unspecified atom stereocenters. The molecular weight excluding hydrogens is 154 g/mol. The number of imide groups is 1. The van der Waals surface area contributed by atoms with Crippen molar-refractivity contribution in [3.8, 4) is 0 Å². The molecule has 64 valence electrons. The van der Waals surface area contributed by atoms with Crippen LogP contribution in [0.15, 0.2) is 23.8 Å². The Hall–Kier alpha value is -1.38. The number of nitrogens with zero attached hydrogens (tertiary/aromatic N) is 1. The third-order valence-electron chi connectivity index (χ3n) is 1.58. The van der Waals surface area contributed by atoms with Crippen molar-refractivity contribution in [3.05, 3.63) is 23.8 Å². The van der Waals surface area contributed by atoms with Crippen LogP contribution in [0.3, 0.4) is 0 Å². The summed E-state index contributed by atoms with van der Waals surface area (Å²) >= 11 is 0. The van der Waals surface area contributed by atoms with Crippen molar-refractivity contribution in [2.45, 2.75) is 13.8 Å². The molecule has 0 bridgehead atoms. The summed E-state index contributed by atoms with van der Waals surface area (Å²) in [5, 5.41) is 0. The SMILES string of the molecule is CC(C)=CCN1C(=O)C=CC1=O. The van der Waals surface area contributed by atoms with Crippen molar-refractivity contribution >= 4 is 11.8 Å². The van der Waals surface area contributed by atoms with Gasteiger partial charge in [0.2, 0.25) is 0 Å². The van der Waals surface area contributed by atoms with E-state index in [1.54, 1.807) is 0 Å². The van der Waals surface area contributed by atoms with Crippen LogP contribution in [0.2, 0.25) is 0 Å². The molecule has 0 aromatic carbocycles. The zero-order valence-electron chi connectivity index (χ0n) is 7.20. The Bertz CT molecular complexity index is 254. The van der Waals surface area contributed by atoms with E-state index in [4.69, 9.17) is 0 Å². The van der Waals surface area contributed by atoms with Gasteiger partial charge in [-0.3, -0.25) is 14.5 Å². The van der Waals surface area contributed by atoms with Crippen molar-refractivity contribution < 1.29 is 9.59 Å². The maximum atomic E-state index is 11.0. The van der Waals surface area contributed by atoms with Gasteiger partial charge in [-0.15, -0.1) is 0 Å². The van der Waals surface area contributed by atoms with Crippen molar-refractivity contribution in [2.75, 3.05) is 6.54 Å². The number of hydrogen-bond donors (Lipinski definition) is 0. The van der Waals surface area contributed by atoms with Crippen LogP contribution in [0, 0.1) is 0 Å². The number of allylic oxidation sites excluding steroid dienone is 1. The number of amides is 2. The molecule has 2 amide bonds. The summed E-state index contributed by atoms with van der Waals surface area (Å²) in [6.45, 7) is 4.24. The Balaban J connectivity index is 2.60. The summed E-state index contributed by atoms with van der Waals surface area (Å²) in [6.07, 6.45) is 4.44. The van der Waals surface area contributed by atoms with Crippen LogP contribution >= 0.6 is 0 Å². The summed E-state index contributed by atoms with van der Waals surface area (Å²) in [5.41, 5.74) is 1.10. The minimum Gasteiger partial charge on any atom is -0.272 e. The van der Waals surface area contributed by atoms with Gasteiger partial charge in [-0.05, 0) is 13.8 Å². The molecule has 3 heteroatoms. The smallest absolute Gasteiger partial charge is 0.253 e. The molecule has 12 heavy (non-hydrogen) atoms. The first kappa shape index (κ1) is 8.71. The molecule has 0 radical (unpaired) electrons. The van der Waals surface area contributed by atoms with Gasteiger partial charge in [0.05, 0.1) is 0 Å². The minimum absolute atomic E-state index is 0.225. The first-order valence-electron chi connectivity index (χ1n) is 3.78. The van der Waals surface area contributed by atoms with Gasteiger partial charge in [0.15, 0.2) is 0 Å². The van der Waals surface area contributed by atoms with Crippen LogP contribution in [0.5, 0.6) is 0 Å². The second kappa shape index (κ2) is 3.34. The zero-order valence-corrected chi connectivity index (χ0v) is 7.20. The van der Waals surface area contributed by atoms with Gasteiger partial charge < -0.3 is 0 Å². The van der Waals surface area contributed by atoms with Gasteiger partial charge in [0.1, 0.15) is 0 Å². The molecule has 0 aromatic heterocycles. The molecule has 0 N–H and O–H groups in total. The van der Waals surface area contributed by atoms with Gasteiger partial charge in [-0.25, -0.2) is 0 Å². The van der Waals surface area contributed by atoms with Crippen molar-refractivity contribution in [2.24, 2.45) is 0 Å². The molecule has 3 nitrogen and oxygen atoms in total. The van der Waals surface area contributed by atoms with E-state index in [1.165, 1.54) is 17.1 Å². The highest BCUT2D eigenvalue weighted by atomic mass is 16.2. The Kier molecular flexibility index (Phi) is 2.43.